The summed E-state index contributed by atoms with van der Waals surface area (Å²) in [7, 11) is 0. The summed E-state index contributed by atoms with van der Waals surface area (Å²) >= 11 is 5.11. The van der Waals surface area contributed by atoms with Crippen molar-refractivity contribution < 1.29 is 0 Å². The van der Waals surface area contributed by atoms with Gasteiger partial charge in [0.25, 0.3) is 0 Å². The zero-order chi connectivity index (χ0) is 13.2. The summed E-state index contributed by atoms with van der Waals surface area (Å²) in [5.41, 5.74) is 6.90. The lowest BCUT2D eigenvalue weighted by Crippen LogP contribution is -2.04. The molecule has 7 heteroatoms. The molecule has 3 rings (SSSR count). The minimum Gasteiger partial charge on any atom is -0.330 e. The first-order valence-electron chi connectivity index (χ1n) is 6.22. The number of rotatable bonds is 5. The fourth-order valence-electron chi connectivity index (χ4n) is 1.90. The Morgan fingerprint density at radius 1 is 1.42 bits per heavy atom. The highest BCUT2D eigenvalue weighted by Gasteiger charge is 2.28. The van der Waals surface area contributed by atoms with Crippen LogP contribution in [0.5, 0.6) is 0 Å². The van der Waals surface area contributed by atoms with Crippen molar-refractivity contribution in [2.75, 3.05) is 6.54 Å². The van der Waals surface area contributed by atoms with Crippen LogP contribution in [0.2, 0.25) is 0 Å². The summed E-state index contributed by atoms with van der Waals surface area (Å²) in [6.45, 7) is 0.636. The molecule has 0 unspecified atom stereocenters. The molecule has 0 saturated heterocycles. The largest absolute Gasteiger partial charge is 0.330 e. The van der Waals surface area contributed by atoms with E-state index in [1.165, 1.54) is 23.3 Å². The smallest absolute Gasteiger partial charge is 0.214 e. The van der Waals surface area contributed by atoms with E-state index in [1.807, 2.05) is 10.7 Å². The Bertz CT molecular complexity index is 581. The Balaban J connectivity index is 1.87. The van der Waals surface area contributed by atoms with Crippen LogP contribution in [-0.2, 0) is 6.42 Å². The number of hydrogen-bond donors (Lipinski definition) is 1. The minimum absolute atomic E-state index is 0.492. The molecule has 1 aromatic carbocycles. The quantitative estimate of drug-likeness (QED) is 0.905. The molecular formula is C12H14BrN5S. The van der Waals surface area contributed by atoms with Gasteiger partial charge in [-0.25, -0.2) is 4.68 Å². The second-order valence-corrected chi connectivity index (χ2v) is 6.45. The fourth-order valence-corrected chi connectivity index (χ4v) is 3.29. The first kappa shape index (κ1) is 13.1. The summed E-state index contributed by atoms with van der Waals surface area (Å²) < 4.78 is 3.00. The number of halogens is 1. The molecule has 0 bridgehead atoms. The molecule has 0 aliphatic heterocycles. The van der Waals surface area contributed by atoms with Crippen molar-refractivity contribution in [2.24, 2.45) is 5.73 Å². The molecule has 1 aliphatic rings. The summed E-state index contributed by atoms with van der Waals surface area (Å²) in [6, 6.07) is 6.73. The molecule has 100 valence electrons. The average molecular weight is 340 g/mol. The number of aromatic nitrogens is 4. The zero-order valence-electron chi connectivity index (χ0n) is 10.3. The Kier molecular flexibility index (Phi) is 3.86. The highest BCUT2D eigenvalue weighted by Crippen LogP contribution is 2.38. The Hall–Kier alpha value is -0.920. The third kappa shape index (κ3) is 2.98. The van der Waals surface area contributed by atoms with Crippen LogP contribution in [0.4, 0.5) is 0 Å². The highest BCUT2D eigenvalue weighted by molar-refractivity contribution is 9.10. The Labute approximate surface area is 124 Å². The number of benzene rings is 1. The van der Waals surface area contributed by atoms with Crippen molar-refractivity contribution >= 4 is 27.7 Å². The molecule has 5 nitrogen and oxygen atoms in total. The third-order valence-electron chi connectivity index (χ3n) is 2.99. The van der Waals surface area contributed by atoms with E-state index in [2.05, 4.69) is 43.6 Å². The maximum absolute atomic E-state index is 5.67. The van der Waals surface area contributed by atoms with Crippen LogP contribution in [-0.4, -0.2) is 26.8 Å². The van der Waals surface area contributed by atoms with Gasteiger partial charge in [-0.3, -0.25) is 0 Å². The molecule has 2 aromatic rings. The molecule has 2 N–H and O–H groups in total. The molecule has 1 heterocycles. The second-order valence-electron chi connectivity index (χ2n) is 4.53. The van der Waals surface area contributed by atoms with Gasteiger partial charge < -0.3 is 5.73 Å². The van der Waals surface area contributed by atoms with E-state index >= 15 is 0 Å². The van der Waals surface area contributed by atoms with Crippen LogP contribution in [0.25, 0.3) is 0 Å². The van der Waals surface area contributed by atoms with E-state index in [1.54, 1.807) is 11.8 Å². The fraction of sp³-hybridized carbons (Fsp3) is 0.417. The molecule has 19 heavy (non-hydrogen) atoms. The van der Waals surface area contributed by atoms with Gasteiger partial charge in [-0.2, -0.15) is 0 Å². The number of hydrogen-bond acceptors (Lipinski definition) is 5. The van der Waals surface area contributed by atoms with E-state index in [-0.39, 0.29) is 0 Å². The molecule has 1 saturated carbocycles. The predicted molar refractivity (Wildman–Crippen MR) is 77.1 cm³/mol. The molecule has 0 atom stereocenters. The maximum Gasteiger partial charge on any atom is 0.214 e. The van der Waals surface area contributed by atoms with Crippen molar-refractivity contribution in [1.29, 1.82) is 0 Å². The number of nitrogens with zero attached hydrogens (tertiary/aromatic N) is 4. The van der Waals surface area contributed by atoms with Gasteiger partial charge in [-0.15, -0.1) is 5.10 Å². The van der Waals surface area contributed by atoms with Gasteiger partial charge >= 0.3 is 0 Å². The van der Waals surface area contributed by atoms with Gasteiger partial charge in [0.15, 0.2) is 0 Å². The van der Waals surface area contributed by atoms with E-state index in [4.69, 9.17) is 5.73 Å². The topological polar surface area (TPSA) is 69.6 Å². The van der Waals surface area contributed by atoms with Gasteiger partial charge in [0.1, 0.15) is 0 Å². The molecule has 0 radical (unpaired) electrons. The van der Waals surface area contributed by atoms with Crippen molar-refractivity contribution in [2.45, 2.75) is 35.4 Å². The van der Waals surface area contributed by atoms with Crippen LogP contribution in [0.15, 0.2) is 32.7 Å². The third-order valence-corrected chi connectivity index (χ3v) is 4.56. The summed E-state index contributed by atoms with van der Waals surface area (Å²) in [5, 5.41) is 12.8. The Morgan fingerprint density at radius 3 is 3.00 bits per heavy atom. The van der Waals surface area contributed by atoms with Crippen molar-refractivity contribution in [1.82, 2.24) is 20.2 Å². The molecule has 0 amide bonds. The maximum atomic E-state index is 5.67. The van der Waals surface area contributed by atoms with Crippen LogP contribution >= 0.6 is 27.7 Å². The highest BCUT2D eigenvalue weighted by atomic mass is 79.9. The van der Waals surface area contributed by atoms with E-state index in [9.17, 15) is 0 Å². The van der Waals surface area contributed by atoms with Gasteiger partial charge in [-0.05, 0) is 71.8 Å². The first-order chi connectivity index (χ1) is 9.28. The summed E-state index contributed by atoms with van der Waals surface area (Å²) in [4.78, 5) is 1.17. The molecular weight excluding hydrogens is 326 g/mol. The van der Waals surface area contributed by atoms with Crippen molar-refractivity contribution in [3.05, 3.63) is 28.2 Å². The van der Waals surface area contributed by atoms with Gasteiger partial charge in [-0.1, -0.05) is 15.9 Å². The summed E-state index contributed by atoms with van der Waals surface area (Å²) in [5.74, 6) is 0. The molecule has 1 aromatic heterocycles. The van der Waals surface area contributed by atoms with Crippen LogP contribution in [0.3, 0.4) is 0 Å². The monoisotopic (exact) mass is 339 g/mol. The Morgan fingerprint density at radius 2 is 2.26 bits per heavy atom. The molecule has 0 spiro atoms. The first-order valence-corrected chi connectivity index (χ1v) is 7.83. The molecule has 1 aliphatic carbocycles. The lowest BCUT2D eigenvalue weighted by Gasteiger charge is -2.08. The summed E-state index contributed by atoms with van der Waals surface area (Å²) in [6.07, 6.45) is 3.20. The van der Waals surface area contributed by atoms with Crippen LogP contribution < -0.4 is 5.73 Å². The van der Waals surface area contributed by atoms with E-state index < -0.39 is 0 Å². The normalized spacial score (nSPS) is 14.8. The van der Waals surface area contributed by atoms with Gasteiger partial charge in [0, 0.05) is 9.37 Å². The minimum atomic E-state index is 0.492. The second kappa shape index (κ2) is 5.60. The lowest BCUT2D eigenvalue weighted by atomic mass is 10.1. The zero-order valence-corrected chi connectivity index (χ0v) is 12.7. The van der Waals surface area contributed by atoms with Crippen LogP contribution in [0, 0.1) is 0 Å². The number of tetrazole rings is 1. The van der Waals surface area contributed by atoms with E-state index in [0.717, 1.165) is 16.0 Å². The van der Waals surface area contributed by atoms with Gasteiger partial charge in [0.2, 0.25) is 5.16 Å². The molecule has 1 fully saturated rings. The number of nitrogens with two attached hydrogens (primary N) is 1. The van der Waals surface area contributed by atoms with Crippen LogP contribution in [0.1, 0.15) is 24.4 Å². The average Bonchev–Trinajstić information content (AvgIpc) is 3.14. The van der Waals surface area contributed by atoms with Crippen molar-refractivity contribution in [3.8, 4) is 0 Å². The predicted octanol–water partition coefficient (Wildman–Crippen LogP) is 2.42. The standard InChI is InChI=1S/C12H14BrN5S/c13-9-1-4-11(8(7-9)5-6-14)19-12-15-16-17-18(12)10-2-3-10/h1,4,7,10H,2-3,5-6,14H2. The van der Waals surface area contributed by atoms with E-state index in [0.29, 0.717) is 12.6 Å². The van der Waals surface area contributed by atoms with Gasteiger partial charge in [0.05, 0.1) is 6.04 Å². The lowest BCUT2D eigenvalue weighted by molar-refractivity contribution is 0.565. The SMILES string of the molecule is NCCc1cc(Br)ccc1Sc1nnnn1C1CC1. The van der Waals surface area contributed by atoms with Crippen molar-refractivity contribution in [3.63, 3.8) is 0 Å².